The Morgan fingerprint density at radius 1 is 0.900 bits per heavy atom. The molecule has 160 valence electrons. The third-order valence-electron chi connectivity index (χ3n) is 6.30. The monoisotopic (exact) mass is 416 g/mol. The predicted molar refractivity (Wildman–Crippen MR) is 110 cm³/mol. The van der Waals surface area contributed by atoms with Gasteiger partial charge in [0.05, 0.1) is 17.5 Å². The van der Waals surface area contributed by atoms with Crippen molar-refractivity contribution in [1.29, 1.82) is 0 Å². The van der Waals surface area contributed by atoms with Gasteiger partial charge < -0.3 is 9.80 Å². The smallest absolute Gasteiger partial charge is 0.334 e. The first-order chi connectivity index (χ1) is 14.4. The number of nitrogens with zero attached hydrogens (tertiary/aromatic N) is 2. The van der Waals surface area contributed by atoms with E-state index in [1.54, 1.807) is 0 Å². The summed E-state index contributed by atoms with van der Waals surface area (Å²) in [7, 11) is 0. The molecule has 2 aromatic carbocycles. The van der Waals surface area contributed by atoms with E-state index in [1.165, 1.54) is 25.0 Å². The lowest BCUT2D eigenvalue weighted by Gasteiger charge is -2.40. The van der Waals surface area contributed by atoms with Crippen molar-refractivity contribution < 1.29 is 18.0 Å². The third-order valence-corrected chi connectivity index (χ3v) is 6.30. The second-order valence-electron chi connectivity index (χ2n) is 8.28. The number of carbonyl (C=O) groups excluding carboxylic acids is 1. The summed E-state index contributed by atoms with van der Waals surface area (Å²) < 4.78 is 38.7. The number of halogens is 3. The molecule has 2 aromatic rings. The van der Waals surface area contributed by atoms with Crippen LogP contribution in [0.1, 0.15) is 54.3 Å². The van der Waals surface area contributed by atoms with Crippen molar-refractivity contribution in [2.45, 2.75) is 43.8 Å². The lowest BCUT2D eigenvalue weighted by molar-refractivity contribution is -0.138. The SMILES string of the molecule is O=C1C(c2ccc(C(F)(F)F)cc2)CCCN1[C@H](CN1CCCC1)c1ccccc1. The molecule has 0 N–H and O–H groups in total. The summed E-state index contributed by atoms with van der Waals surface area (Å²) in [4.78, 5) is 17.8. The fourth-order valence-electron chi connectivity index (χ4n) is 4.69. The van der Waals surface area contributed by atoms with E-state index in [9.17, 15) is 18.0 Å². The summed E-state index contributed by atoms with van der Waals surface area (Å²) in [6.45, 7) is 3.58. The summed E-state index contributed by atoms with van der Waals surface area (Å²) in [5.74, 6) is -0.361. The summed E-state index contributed by atoms with van der Waals surface area (Å²) in [6, 6.07) is 15.2. The van der Waals surface area contributed by atoms with Crippen LogP contribution in [-0.4, -0.2) is 41.9 Å². The Morgan fingerprint density at radius 2 is 1.57 bits per heavy atom. The number of alkyl halides is 3. The number of rotatable bonds is 5. The van der Waals surface area contributed by atoms with Crippen LogP contribution < -0.4 is 0 Å². The molecule has 4 rings (SSSR count). The Kier molecular flexibility index (Phi) is 6.14. The van der Waals surface area contributed by atoms with Crippen molar-refractivity contribution in [3.05, 3.63) is 71.3 Å². The maximum Gasteiger partial charge on any atom is 0.416 e. The van der Waals surface area contributed by atoms with E-state index in [0.717, 1.165) is 43.8 Å². The highest BCUT2D eigenvalue weighted by Crippen LogP contribution is 2.36. The van der Waals surface area contributed by atoms with Gasteiger partial charge in [0, 0.05) is 13.1 Å². The molecule has 0 aromatic heterocycles. The largest absolute Gasteiger partial charge is 0.416 e. The first-order valence-corrected chi connectivity index (χ1v) is 10.7. The average Bonchev–Trinajstić information content (AvgIpc) is 3.26. The summed E-state index contributed by atoms with van der Waals surface area (Å²) >= 11 is 0. The summed E-state index contributed by atoms with van der Waals surface area (Å²) in [6.07, 6.45) is -0.477. The first kappa shape index (κ1) is 20.9. The van der Waals surface area contributed by atoms with Gasteiger partial charge in [0.25, 0.3) is 0 Å². The van der Waals surface area contributed by atoms with Crippen molar-refractivity contribution in [3.63, 3.8) is 0 Å². The Bertz CT molecular complexity index is 845. The maximum atomic E-state index is 13.5. The van der Waals surface area contributed by atoms with Gasteiger partial charge in [-0.3, -0.25) is 4.79 Å². The minimum absolute atomic E-state index is 0.0223. The van der Waals surface area contributed by atoms with E-state index in [2.05, 4.69) is 17.0 Å². The number of amides is 1. The van der Waals surface area contributed by atoms with Gasteiger partial charge in [0.2, 0.25) is 5.91 Å². The van der Waals surface area contributed by atoms with Crippen molar-refractivity contribution in [2.75, 3.05) is 26.2 Å². The highest BCUT2D eigenvalue weighted by Gasteiger charge is 2.36. The van der Waals surface area contributed by atoms with Crippen LogP contribution in [0.5, 0.6) is 0 Å². The van der Waals surface area contributed by atoms with Gasteiger partial charge in [-0.1, -0.05) is 42.5 Å². The van der Waals surface area contributed by atoms with Gasteiger partial charge in [0.1, 0.15) is 0 Å². The van der Waals surface area contributed by atoms with Gasteiger partial charge in [-0.05, 0) is 62.0 Å². The third kappa shape index (κ3) is 4.53. The molecule has 1 unspecified atom stereocenters. The van der Waals surface area contributed by atoms with E-state index in [4.69, 9.17) is 0 Å². The fraction of sp³-hybridized carbons (Fsp3) is 0.458. The molecular formula is C24H27F3N2O. The number of carbonyl (C=O) groups is 1. The molecule has 0 spiro atoms. The van der Waals surface area contributed by atoms with E-state index in [0.29, 0.717) is 18.5 Å². The molecule has 3 nitrogen and oxygen atoms in total. The minimum Gasteiger partial charge on any atom is -0.334 e. The van der Waals surface area contributed by atoms with Crippen LogP contribution in [0.25, 0.3) is 0 Å². The van der Waals surface area contributed by atoms with Crippen LogP contribution in [0.3, 0.4) is 0 Å². The van der Waals surface area contributed by atoms with E-state index < -0.39 is 11.7 Å². The second-order valence-corrected chi connectivity index (χ2v) is 8.28. The quantitative estimate of drug-likeness (QED) is 0.665. The van der Waals surface area contributed by atoms with E-state index in [-0.39, 0.29) is 17.9 Å². The van der Waals surface area contributed by atoms with Crippen LogP contribution >= 0.6 is 0 Å². The van der Waals surface area contributed by atoms with Crippen molar-refractivity contribution in [2.24, 2.45) is 0 Å². The molecule has 1 amide bonds. The first-order valence-electron chi connectivity index (χ1n) is 10.7. The van der Waals surface area contributed by atoms with Gasteiger partial charge >= 0.3 is 6.18 Å². The lowest BCUT2D eigenvalue weighted by atomic mass is 9.87. The zero-order valence-electron chi connectivity index (χ0n) is 16.9. The van der Waals surface area contributed by atoms with Crippen molar-refractivity contribution in [1.82, 2.24) is 9.80 Å². The van der Waals surface area contributed by atoms with Crippen LogP contribution in [-0.2, 0) is 11.0 Å². The van der Waals surface area contributed by atoms with Crippen molar-refractivity contribution in [3.8, 4) is 0 Å². The van der Waals surface area contributed by atoms with Gasteiger partial charge in [-0.25, -0.2) is 0 Å². The molecular weight excluding hydrogens is 389 g/mol. The normalized spacial score (nSPS) is 21.8. The van der Waals surface area contributed by atoms with Gasteiger partial charge in [-0.2, -0.15) is 13.2 Å². The molecule has 2 heterocycles. The van der Waals surface area contributed by atoms with Gasteiger partial charge in [0.15, 0.2) is 0 Å². The molecule has 2 saturated heterocycles. The highest BCUT2D eigenvalue weighted by molar-refractivity contribution is 5.85. The number of hydrogen-bond donors (Lipinski definition) is 0. The average molecular weight is 416 g/mol. The Labute approximate surface area is 175 Å². The van der Waals surface area contributed by atoms with E-state index >= 15 is 0 Å². The molecule has 0 aliphatic carbocycles. The molecule has 30 heavy (non-hydrogen) atoms. The summed E-state index contributed by atoms with van der Waals surface area (Å²) in [5.41, 5.74) is 1.11. The number of hydrogen-bond acceptors (Lipinski definition) is 2. The number of likely N-dealkylation sites (tertiary alicyclic amines) is 2. The zero-order chi connectivity index (χ0) is 21.1. The molecule has 2 aliphatic rings. The molecule has 0 bridgehead atoms. The predicted octanol–water partition coefficient (Wildman–Crippen LogP) is 5.25. The topological polar surface area (TPSA) is 23.6 Å². The lowest BCUT2D eigenvalue weighted by Crippen LogP contribution is -2.46. The molecule has 2 atom stereocenters. The second kappa shape index (κ2) is 8.80. The standard InChI is InChI=1S/C24H27F3N2O/c25-24(26,27)20-12-10-18(11-13-20)21-9-6-16-29(23(21)30)22(17-28-14-4-5-15-28)19-7-2-1-3-8-19/h1-3,7-8,10-13,21-22H,4-6,9,14-17H2/t21?,22-/m1/s1. The Balaban J connectivity index is 1.58. The number of benzene rings is 2. The molecule has 6 heteroatoms. The zero-order valence-corrected chi connectivity index (χ0v) is 16.9. The van der Waals surface area contributed by atoms with Crippen molar-refractivity contribution >= 4 is 5.91 Å². The van der Waals surface area contributed by atoms with E-state index in [1.807, 2.05) is 23.1 Å². The van der Waals surface area contributed by atoms with Crippen LogP contribution in [0.4, 0.5) is 13.2 Å². The van der Waals surface area contributed by atoms with Crippen LogP contribution in [0, 0.1) is 0 Å². The van der Waals surface area contributed by atoms with Gasteiger partial charge in [-0.15, -0.1) is 0 Å². The minimum atomic E-state index is -4.37. The Hall–Kier alpha value is -2.34. The maximum absolute atomic E-state index is 13.5. The Morgan fingerprint density at radius 3 is 2.20 bits per heavy atom. The molecule has 0 radical (unpaired) electrons. The van der Waals surface area contributed by atoms with Crippen LogP contribution in [0.15, 0.2) is 54.6 Å². The highest BCUT2D eigenvalue weighted by atomic mass is 19.4. The molecule has 0 saturated carbocycles. The molecule has 2 aliphatic heterocycles. The molecule has 2 fully saturated rings. The fourth-order valence-corrected chi connectivity index (χ4v) is 4.69. The summed E-state index contributed by atoms with van der Waals surface area (Å²) in [5, 5.41) is 0. The number of piperidine rings is 1. The van der Waals surface area contributed by atoms with Crippen LogP contribution in [0.2, 0.25) is 0 Å².